The van der Waals surface area contributed by atoms with E-state index >= 15 is 0 Å². The van der Waals surface area contributed by atoms with Gasteiger partial charge in [-0.05, 0) is 42.2 Å². The molecule has 0 atom stereocenters. The lowest BCUT2D eigenvalue weighted by atomic mass is 9.98. The number of carbonyl (C=O) groups is 1. The van der Waals surface area contributed by atoms with E-state index in [9.17, 15) is 4.79 Å². The number of benzene rings is 1. The molecular formula is C22H24N4O. The fraction of sp³-hybridized carbons (Fsp3) is 0.227. The van der Waals surface area contributed by atoms with Crippen molar-refractivity contribution in [3.63, 3.8) is 0 Å². The first-order valence-electron chi connectivity index (χ1n) is 9.04. The van der Waals surface area contributed by atoms with Crippen LogP contribution in [0.1, 0.15) is 46.9 Å². The summed E-state index contributed by atoms with van der Waals surface area (Å²) in [6.07, 6.45) is 5.01. The zero-order valence-corrected chi connectivity index (χ0v) is 15.9. The molecule has 0 bridgehead atoms. The minimum absolute atomic E-state index is 0.175. The molecule has 5 nitrogen and oxygen atoms in total. The predicted octanol–water partition coefficient (Wildman–Crippen LogP) is 4.58. The Bertz CT molecular complexity index is 923. The number of nitrogens with zero attached hydrogens (tertiary/aromatic N) is 2. The van der Waals surface area contributed by atoms with Crippen LogP contribution >= 0.6 is 0 Å². The fourth-order valence-corrected chi connectivity index (χ4v) is 2.89. The van der Waals surface area contributed by atoms with E-state index in [4.69, 9.17) is 0 Å². The highest BCUT2D eigenvalue weighted by molar-refractivity contribution is 5.94. The SMILES string of the molecule is Cc1cccc(C(C)C)c1Nc1cncc(C(=O)NCc2ccccn2)c1. The Morgan fingerprint density at radius 1 is 1.11 bits per heavy atom. The summed E-state index contributed by atoms with van der Waals surface area (Å²) in [5, 5.41) is 6.31. The molecule has 3 rings (SSSR count). The number of hydrogen-bond acceptors (Lipinski definition) is 4. The molecule has 0 fully saturated rings. The Hall–Kier alpha value is -3.21. The van der Waals surface area contributed by atoms with E-state index in [1.807, 2.05) is 24.3 Å². The third kappa shape index (κ3) is 4.70. The van der Waals surface area contributed by atoms with Crippen molar-refractivity contribution in [3.8, 4) is 0 Å². The molecular weight excluding hydrogens is 336 g/mol. The molecule has 138 valence electrons. The van der Waals surface area contributed by atoms with E-state index in [2.05, 4.69) is 59.6 Å². The van der Waals surface area contributed by atoms with Crippen LogP contribution in [0.3, 0.4) is 0 Å². The average molecular weight is 360 g/mol. The van der Waals surface area contributed by atoms with Crippen LogP contribution in [0, 0.1) is 6.92 Å². The largest absolute Gasteiger partial charge is 0.354 e. The second kappa shape index (κ2) is 8.45. The van der Waals surface area contributed by atoms with Crippen molar-refractivity contribution in [1.29, 1.82) is 0 Å². The summed E-state index contributed by atoms with van der Waals surface area (Å²) in [6, 6.07) is 13.7. The van der Waals surface area contributed by atoms with Gasteiger partial charge in [0, 0.05) is 18.1 Å². The van der Waals surface area contributed by atoms with Crippen molar-refractivity contribution in [2.75, 3.05) is 5.32 Å². The molecule has 0 aliphatic rings. The van der Waals surface area contributed by atoms with Crippen LogP contribution in [-0.2, 0) is 6.54 Å². The summed E-state index contributed by atoms with van der Waals surface area (Å²) < 4.78 is 0. The highest BCUT2D eigenvalue weighted by Gasteiger charge is 2.11. The van der Waals surface area contributed by atoms with Gasteiger partial charge in [-0.2, -0.15) is 0 Å². The zero-order valence-electron chi connectivity index (χ0n) is 15.9. The van der Waals surface area contributed by atoms with Crippen molar-refractivity contribution in [2.45, 2.75) is 33.2 Å². The van der Waals surface area contributed by atoms with Crippen molar-refractivity contribution in [1.82, 2.24) is 15.3 Å². The van der Waals surface area contributed by atoms with Gasteiger partial charge in [-0.1, -0.05) is 38.1 Å². The molecule has 2 aromatic heterocycles. The predicted molar refractivity (Wildman–Crippen MR) is 108 cm³/mol. The number of anilines is 2. The third-order valence-corrected chi connectivity index (χ3v) is 4.35. The maximum Gasteiger partial charge on any atom is 0.253 e. The molecule has 5 heteroatoms. The molecule has 1 aromatic carbocycles. The highest BCUT2D eigenvalue weighted by Crippen LogP contribution is 2.30. The monoisotopic (exact) mass is 360 g/mol. The van der Waals surface area contributed by atoms with Gasteiger partial charge < -0.3 is 10.6 Å². The normalized spacial score (nSPS) is 10.7. The standard InChI is InChI=1S/C22H24N4O/c1-15(2)20-9-6-7-16(3)21(20)26-19-11-17(12-23-13-19)22(27)25-14-18-8-4-5-10-24-18/h4-13,15,26H,14H2,1-3H3,(H,25,27). The smallest absolute Gasteiger partial charge is 0.253 e. The van der Waals surface area contributed by atoms with Gasteiger partial charge in [0.05, 0.1) is 29.7 Å². The maximum absolute atomic E-state index is 12.5. The second-order valence-electron chi connectivity index (χ2n) is 6.78. The van der Waals surface area contributed by atoms with E-state index in [-0.39, 0.29) is 5.91 Å². The summed E-state index contributed by atoms with van der Waals surface area (Å²) in [5.74, 6) is 0.218. The van der Waals surface area contributed by atoms with Crippen LogP contribution in [-0.4, -0.2) is 15.9 Å². The lowest BCUT2D eigenvalue weighted by Gasteiger charge is -2.17. The summed E-state index contributed by atoms with van der Waals surface area (Å²) in [7, 11) is 0. The second-order valence-corrected chi connectivity index (χ2v) is 6.78. The topological polar surface area (TPSA) is 66.9 Å². The van der Waals surface area contributed by atoms with E-state index in [1.54, 1.807) is 18.6 Å². The van der Waals surface area contributed by atoms with Crippen molar-refractivity contribution >= 4 is 17.3 Å². The summed E-state index contributed by atoms with van der Waals surface area (Å²) in [6.45, 7) is 6.79. The third-order valence-electron chi connectivity index (χ3n) is 4.35. The van der Waals surface area contributed by atoms with Crippen molar-refractivity contribution in [3.05, 3.63) is 83.4 Å². The molecule has 1 amide bonds. The van der Waals surface area contributed by atoms with Gasteiger partial charge in [0.1, 0.15) is 0 Å². The quantitative estimate of drug-likeness (QED) is 0.675. The first-order valence-corrected chi connectivity index (χ1v) is 9.04. The lowest BCUT2D eigenvalue weighted by Crippen LogP contribution is -2.23. The molecule has 2 heterocycles. The molecule has 27 heavy (non-hydrogen) atoms. The minimum atomic E-state index is -0.175. The number of amides is 1. The van der Waals surface area contributed by atoms with Crippen molar-refractivity contribution in [2.24, 2.45) is 0 Å². The van der Waals surface area contributed by atoms with Crippen LogP contribution in [0.25, 0.3) is 0 Å². The molecule has 0 aliphatic heterocycles. The first kappa shape index (κ1) is 18.6. The summed E-state index contributed by atoms with van der Waals surface area (Å²) in [5.41, 5.74) is 5.58. The molecule has 3 aromatic rings. The van der Waals surface area contributed by atoms with Crippen LogP contribution in [0.15, 0.2) is 61.1 Å². The van der Waals surface area contributed by atoms with Crippen molar-refractivity contribution < 1.29 is 4.79 Å². The Morgan fingerprint density at radius 3 is 2.70 bits per heavy atom. The number of pyridine rings is 2. The van der Waals surface area contributed by atoms with Crippen LogP contribution in [0.5, 0.6) is 0 Å². The molecule has 0 spiro atoms. The van der Waals surface area contributed by atoms with Crippen LogP contribution in [0.2, 0.25) is 0 Å². The van der Waals surface area contributed by atoms with E-state index in [1.165, 1.54) is 5.56 Å². The number of rotatable bonds is 6. The van der Waals surface area contributed by atoms with E-state index < -0.39 is 0 Å². The van der Waals surface area contributed by atoms with Gasteiger partial charge in [-0.25, -0.2) is 0 Å². The first-order chi connectivity index (χ1) is 13.0. The Kier molecular flexibility index (Phi) is 5.81. The number of para-hydroxylation sites is 1. The summed E-state index contributed by atoms with van der Waals surface area (Å²) >= 11 is 0. The van der Waals surface area contributed by atoms with E-state index in [0.29, 0.717) is 18.0 Å². The average Bonchev–Trinajstić information content (AvgIpc) is 2.68. The Morgan fingerprint density at radius 2 is 1.96 bits per heavy atom. The maximum atomic E-state index is 12.5. The van der Waals surface area contributed by atoms with Gasteiger partial charge in [0.15, 0.2) is 0 Å². The zero-order chi connectivity index (χ0) is 19.2. The summed E-state index contributed by atoms with van der Waals surface area (Å²) in [4.78, 5) is 20.9. The van der Waals surface area contributed by atoms with Crippen LogP contribution in [0.4, 0.5) is 11.4 Å². The fourth-order valence-electron chi connectivity index (χ4n) is 2.89. The number of carbonyl (C=O) groups excluding carboxylic acids is 1. The number of aryl methyl sites for hydroxylation is 1. The lowest BCUT2D eigenvalue weighted by molar-refractivity contribution is 0.0950. The number of hydrogen-bond donors (Lipinski definition) is 2. The molecule has 0 saturated heterocycles. The van der Waals surface area contributed by atoms with E-state index in [0.717, 1.165) is 22.6 Å². The Balaban J connectivity index is 1.75. The van der Waals surface area contributed by atoms with Gasteiger partial charge in [-0.3, -0.25) is 14.8 Å². The van der Waals surface area contributed by atoms with Gasteiger partial charge in [-0.15, -0.1) is 0 Å². The van der Waals surface area contributed by atoms with Gasteiger partial charge >= 0.3 is 0 Å². The van der Waals surface area contributed by atoms with Crippen LogP contribution < -0.4 is 10.6 Å². The van der Waals surface area contributed by atoms with Gasteiger partial charge in [0.2, 0.25) is 0 Å². The Labute approximate surface area is 159 Å². The molecule has 2 N–H and O–H groups in total. The molecule has 0 saturated carbocycles. The molecule has 0 radical (unpaired) electrons. The molecule has 0 unspecified atom stereocenters. The minimum Gasteiger partial charge on any atom is -0.354 e. The van der Waals surface area contributed by atoms with Gasteiger partial charge in [0.25, 0.3) is 5.91 Å². The molecule has 0 aliphatic carbocycles. The number of aromatic nitrogens is 2. The number of nitrogens with one attached hydrogen (secondary N) is 2. The highest BCUT2D eigenvalue weighted by atomic mass is 16.1.